The molecule has 2 aromatic rings. The van der Waals surface area contributed by atoms with Crippen LogP contribution >= 0.6 is 12.2 Å². The lowest BCUT2D eigenvalue weighted by Gasteiger charge is -2.12. The molecule has 1 amide bonds. The lowest BCUT2D eigenvalue weighted by Crippen LogP contribution is -2.44. The van der Waals surface area contributed by atoms with Gasteiger partial charge in [-0.25, -0.2) is 0 Å². The molecule has 0 bridgehead atoms. The molecular weight excluding hydrogens is 310 g/mol. The van der Waals surface area contributed by atoms with Gasteiger partial charge in [-0.05, 0) is 49.0 Å². The van der Waals surface area contributed by atoms with Gasteiger partial charge in [0.25, 0.3) is 0 Å². The summed E-state index contributed by atoms with van der Waals surface area (Å²) in [5.41, 5.74) is 7.46. The first-order valence-electron chi connectivity index (χ1n) is 7.05. The van der Waals surface area contributed by atoms with E-state index in [9.17, 15) is 9.59 Å². The Morgan fingerprint density at radius 2 is 1.61 bits per heavy atom. The van der Waals surface area contributed by atoms with Crippen LogP contribution in [-0.2, 0) is 11.2 Å². The number of ketones is 1. The molecule has 0 aliphatic heterocycles. The van der Waals surface area contributed by atoms with Crippen LogP contribution in [0.25, 0.3) is 0 Å². The third kappa shape index (κ3) is 5.52. The predicted molar refractivity (Wildman–Crippen MR) is 94.1 cm³/mol. The molecule has 6 heteroatoms. The molecule has 5 nitrogen and oxygen atoms in total. The maximum atomic E-state index is 11.8. The van der Waals surface area contributed by atoms with E-state index in [0.29, 0.717) is 5.56 Å². The number of nitrogens with one attached hydrogen (secondary N) is 3. The van der Waals surface area contributed by atoms with Crippen molar-refractivity contribution in [2.75, 3.05) is 5.32 Å². The van der Waals surface area contributed by atoms with Crippen LogP contribution in [0.5, 0.6) is 0 Å². The number of carbonyl (C=O) groups excluding carboxylic acids is 2. The van der Waals surface area contributed by atoms with Crippen molar-refractivity contribution in [2.24, 2.45) is 0 Å². The number of carbonyl (C=O) groups is 2. The number of thiocarbonyl (C=S) groups is 1. The highest BCUT2D eigenvalue weighted by Crippen LogP contribution is 2.09. The molecule has 0 saturated heterocycles. The van der Waals surface area contributed by atoms with Gasteiger partial charge in [0.1, 0.15) is 0 Å². The van der Waals surface area contributed by atoms with Crippen molar-refractivity contribution in [2.45, 2.75) is 13.3 Å². The Morgan fingerprint density at radius 3 is 2.22 bits per heavy atom. The Kier molecular flexibility index (Phi) is 5.82. The number of hydrogen-bond donors (Lipinski definition) is 3. The van der Waals surface area contributed by atoms with Gasteiger partial charge in [0.2, 0.25) is 5.91 Å². The van der Waals surface area contributed by atoms with Crippen molar-refractivity contribution < 1.29 is 9.59 Å². The second-order valence-corrected chi connectivity index (χ2v) is 5.33. The number of rotatable bonds is 4. The molecule has 0 spiro atoms. The Hall–Kier alpha value is -2.73. The highest BCUT2D eigenvalue weighted by molar-refractivity contribution is 7.80. The monoisotopic (exact) mass is 327 g/mol. The van der Waals surface area contributed by atoms with Crippen LogP contribution in [0.15, 0.2) is 54.6 Å². The van der Waals surface area contributed by atoms with E-state index in [1.165, 1.54) is 6.92 Å². The van der Waals surface area contributed by atoms with Gasteiger partial charge in [-0.15, -0.1) is 0 Å². The minimum atomic E-state index is -0.188. The van der Waals surface area contributed by atoms with Crippen molar-refractivity contribution in [1.29, 1.82) is 0 Å². The first-order valence-corrected chi connectivity index (χ1v) is 7.46. The van der Waals surface area contributed by atoms with Gasteiger partial charge in [-0.3, -0.25) is 20.4 Å². The first-order chi connectivity index (χ1) is 11.0. The highest BCUT2D eigenvalue weighted by Gasteiger charge is 2.04. The molecule has 0 aliphatic carbocycles. The van der Waals surface area contributed by atoms with Crippen molar-refractivity contribution >= 4 is 34.7 Å². The van der Waals surface area contributed by atoms with E-state index in [4.69, 9.17) is 12.2 Å². The molecule has 0 heterocycles. The Bertz CT molecular complexity index is 700. The third-order valence-corrected chi connectivity index (χ3v) is 3.28. The van der Waals surface area contributed by atoms with Crippen LogP contribution in [0.1, 0.15) is 22.8 Å². The van der Waals surface area contributed by atoms with Gasteiger partial charge in [0, 0.05) is 11.3 Å². The largest absolute Gasteiger partial charge is 0.331 e. The molecule has 23 heavy (non-hydrogen) atoms. The fourth-order valence-electron chi connectivity index (χ4n) is 1.90. The lowest BCUT2D eigenvalue weighted by atomic mass is 10.1. The van der Waals surface area contributed by atoms with Crippen LogP contribution in [-0.4, -0.2) is 16.8 Å². The summed E-state index contributed by atoms with van der Waals surface area (Å²) in [6.45, 7) is 1.51. The van der Waals surface area contributed by atoms with Crippen molar-refractivity contribution in [3.05, 3.63) is 65.7 Å². The molecule has 0 saturated carbocycles. The fourth-order valence-corrected chi connectivity index (χ4v) is 2.07. The third-order valence-electron chi connectivity index (χ3n) is 3.07. The lowest BCUT2D eigenvalue weighted by molar-refractivity contribution is -0.120. The number of hydrogen-bond acceptors (Lipinski definition) is 3. The normalized spacial score (nSPS) is 9.78. The van der Waals surface area contributed by atoms with E-state index in [1.54, 1.807) is 24.3 Å². The fraction of sp³-hybridized carbons (Fsp3) is 0.118. The Balaban J connectivity index is 1.78. The van der Waals surface area contributed by atoms with Gasteiger partial charge < -0.3 is 5.32 Å². The maximum absolute atomic E-state index is 11.8. The van der Waals surface area contributed by atoms with E-state index >= 15 is 0 Å². The van der Waals surface area contributed by atoms with Crippen molar-refractivity contribution in [3.8, 4) is 0 Å². The molecule has 0 atom stereocenters. The number of amides is 1. The summed E-state index contributed by atoms with van der Waals surface area (Å²) in [5, 5.41) is 3.19. The number of Topliss-reactive ketones (excluding diaryl/α,β-unsaturated/α-hetero) is 1. The van der Waals surface area contributed by atoms with Gasteiger partial charge in [-0.1, -0.05) is 30.3 Å². The average molecular weight is 327 g/mol. The molecule has 3 N–H and O–H groups in total. The van der Waals surface area contributed by atoms with Crippen LogP contribution in [0, 0.1) is 0 Å². The summed E-state index contributed by atoms with van der Waals surface area (Å²) >= 11 is 5.10. The quantitative estimate of drug-likeness (QED) is 0.457. The van der Waals surface area contributed by atoms with E-state index in [1.807, 2.05) is 30.3 Å². The van der Waals surface area contributed by atoms with Gasteiger partial charge >= 0.3 is 0 Å². The summed E-state index contributed by atoms with van der Waals surface area (Å²) in [4.78, 5) is 23.0. The Morgan fingerprint density at radius 1 is 0.957 bits per heavy atom. The van der Waals surface area contributed by atoms with E-state index in [0.717, 1.165) is 11.3 Å². The van der Waals surface area contributed by atoms with Crippen molar-refractivity contribution in [3.63, 3.8) is 0 Å². The molecule has 2 rings (SSSR count). The molecule has 0 aromatic heterocycles. The van der Waals surface area contributed by atoms with E-state index in [-0.39, 0.29) is 23.2 Å². The SMILES string of the molecule is CC(=O)c1ccc(NC(=S)NNC(=O)Cc2ccccc2)cc1. The zero-order chi connectivity index (χ0) is 16.7. The van der Waals surface area contributed by atoms with Crippen molar-refractivity contribution in [1.82, 2.24) is 10.9 Å². The molecule has 0 radical (unpaired) electrons. The summed E-state index contributed by atoms with van der Waals surface area (Å²) in [6.07, 6.45) is 0.268. The molecule has 118 valence electrons. The first kappa shape index (κ1) is 16.6. The molecule has 0 unspecified atom stereocenters. The highest BCUT2D eigenvalue weighted by atomic mass is 32.1. The van der Waals surface area contributed by atoms with Crippen LogP contribution in [0.3, 0.4) is 0 Å². The minimum absolute atomic E-state index is 0.00502. The van der Waals surface area contributed by atoms with Crippen LogP contribution in [0.2, 0.25) is 0 Å². The van der Waals surface area contributed by atoms with E-state index < -0.39 is 0 Å². The smallest absolute Gasteiger partial charge is 0.242 e. The molecular formula is C17H17N3O2S. The van der Waals surface area contributed by atoms with Gasteiger partial charge in [0.15, 0.2) is 10.9 Å². The van der Waals surface area contributed by atoms with Crippen LogP contribution in [0.4, 0.5) is 5.69 Å². The second-order valence-electron chi connectivity index (χ2n) is 4.92. The number of anilines is 1. The van der Waals surface area contributed by atoms with Crippen LogP contribution < -0.4 is 16.2 Å². The summed E-state index contributed by atoms with van der Waals surface area (Å²) in [5.74, 6) is -0.183. The number of hydrazine groups is 1. The second kappa shape index (κ2) is 8.05. The molecule has 0 fully saturated rings. The average Bonchev–Trinajstić information content (AvgIpc) is 2.54. The minimum Gasteiger partial charge on any atom is -0.331 e. The standard InChI is InChI=1S/C17H17N3O2S/c1-12(21)14-7-9-15(10-8-14)18-17(23)20-19-16(22)11-13-5-3-2-4-6-13/h2-10H,11H2,1H3,(H,19,22)(H2,18,20,23). The molecule has 0 aliphatic rings. The van der Waals surface area contributed by atoms with Gasteiger partial charge in [0.05, 0.1) is 6.42 Å². The summed E-state index contributed by atoms with van der Waals surface area (Å²) in [6, 6.07) is 16.3. The Labute approximate surface area is 140 Å². The number of benzene rings is 2. The van der Waals surface area contributed by atoms with E-state index in [2.05, 4.69) is 16.2 Å². The zero-order valence-corrected chi connectivity index (χ0v) is 13.4. The topological polar surface area (TPSA) is 70.2 Å². The molecule has 2 aromatic carbocycles. The maximum Gasteiger partial charge on any atom is 0.242 e. The summed E-state index contributed by atoms with van der Waals surface area (Å²) < 4.78 is 0. The van der Waals surface area contributed by atoms with Gasteiger partial charge in [-0.2, -0.15) is 0 Å². The predicted octanol–water partition coefficient (Wildman–Crippen LogP) is 2.45. The summed E-state index contributed by atoms with van der Waals surface area (Å²) in [7, 11) is 0. The zero-order valence-electron chi connectivity index (χ0n) is 12.6.